The molecule has 1 aliphatic rings. The van der Waals surface area contributed by atoms with Gasteiger partial charge in [-0.1, -0.05) is 12.1 Å². The first kappa shape index (κ1) is 26.3. The Balaban J connectivity index is 1.60. The number of halogens is 3. The predicted molar refractivity (Wildman–Crippen MR) is 150 cm³/mol. The quantitative estimate of drug-likeness (QED) is 0.0812. The van der Waals surface area contributed by atoms with Gasteiger partial charge in [0.1, 0.15) is 6.61 Å². The zero-order valence-electron chi connectivity index (χ0n) is 18.7. The van der Waals surface area contributed by atoms with Crippen molar-refractivity contribution in [2.45, 2.75) is 13.5 Å². The first-order chi connectivity index (χ1) is 17.2. The Kier molecular flexibility index (Phi) is 8.42. The number of hydrogen-bond donors (Lipinski definition) is 0. The fourth-order valence-corrected chi connectivity index (χ4v) is 4.60. The van der Waals surface area contributed by atoms with Gasteiger partial charge in [0.05, 0.1) is 16.0 Å². The average Bonchev–Trinajstić information content (AvgIpc) is 3.20. The molecule has 11 heteroatoms. The Morgan fingerprint density at radius 1 is 1.11 bits per heavy atom. The van der Waals surface area contributed by atoms with Crippen molar-refractivity contribution < 1.29 is 23.9 Å². The number of carbonyl (C=O) groups is 1. The summed E-state index contributed by atoms with van der Waals surface area (Å²) in [7, 11) is 0. The monoisotopic (exact) mass is 726 g/mol. The molecule has 0 unspecified atom stereocenters. The van der Waals surface area contributed by atoms with Crippen molar-refractivity contribution in [2.75, 3.05) is 6.61 Å². The number of cyclic esters (lactones) is 1. The maximum Gasteiger partial charge on any atom is 0.363 e. The topological polar surface area (TPSA) is 100 Å². The van der Waals surface area contributed by atoms with Crippen LogP contribution in [0.15, 0.2) is 74.2 Å². The molecule has 1 heterocycles. The first-order valence-electron chi connectivity index (χ1n) is 10.6. The van der Waals surface area contributed by atoms with E-state index >= 15 is 0 Å². The number of nitro groups is 1. The van der Waals surface area contributed by atoms with Crippen molar-refractivity contribution in [2.24, 2.45) is 4.99 Å². The van der Waals surface area contributed by atoms with Crippen LogP contribution in [-0.2, 0) is 16.1 Å². The van der Waals surface area contributed by atoms with E-state index in [4.69, 9.17) is 14.2 Å². The van der Waals surface area contributed by atoms with E-state index in [9.17, 15) is 14.9 Å². The fourth-order valence-electron chi connectivity index (χ4n) is 3.31. The number of aliphatic imine (C=N–C) groups is 1. The highest BCUT2D eigenvalue weighted by atomic mass is 127. The van der Waals surface area contributed by atoms with E-state index in [1.807, 2.05) is 25.1 Å². The zero-order valence-corrected chi connectivity index (χ0v) is 24.0. The highest BCUT2D eigenvalue weighted by Crippen LogP contribution is 2.38. The number of rotatable bonds is 8. The van der Waals surface area contributed by atoms with E-state index in [-0.39, 0.29) is 23.9 Å². The van der Waals surface area contributed by atoms with Gasteiger partial charge in [0.25, 0.3) is 5.69 Å². The van der Waals surface area contributed by atoms with Gasteiger partial charge in [0.2, 0.25) is 5.90 Å². The van der Waals surface area contributed by atoms with E-state index in [1.165, 1.54) is 12.1 Å². The van der Waals surface area contributed by atoms with E-state index < -0.39 is 10.9 Å². The lowest BCUT2D eigenvalue weighted by Gasteiger charge is -2.15. The minimum absolute atomic E-state index is 0.0110. The molecule has 0 saturated carbocycles. The van der Waals surface area contributed by atoms with Crippen LogP contribution in [-0.4, -0.2) is 23.4 Å². The second-order valence-electron chi connectivity index (χ2n) is 7.44. The summed E-state index contributed by atoms with van der Waals surface area (Å²) >= 11 is 9.18. The third-order valence-electron chi connectivity index (χ3n) is 4.93. The lowest BCUT2D eigenvalue weighted by atomic mass is 10.1. The van der Waals surface area contributed by atoms with Crippen molar-refractivity contribution in [1.82, 2.24) is 0 Å². The van der Waals surface area contributed by atoms with Gasteiger partial charge in [-0.25, -0.2) is 9.79 Å². The largest absolute Gasteiger partial charge is 0.490 e. The van der Waals surface area contributed by atoms with Gasteiger partial charge in [-0.05, 0) is 109 Å². The van der Waals surface area contributed by atoms with Crippen LogP contribution in [0.4, 0.5) is 5.69 Å². The molecule has 0 aromatic heterocycles. The van der Waals surface area contributed by atoms with Gasteiger partial charge in [-0.2, -0.15) is 0 Å². The molecule has 0 saturated heterocycles. The van der Waals surface area contributed by atoms with Crippen molar-refractivity contribution in [3.63, 3.8) is 0 Å². The third kappa shape index (κ3) is 6.13. The number of benzene rings is 3. The summed E-state index contributed by atoms with van der Waals surface area (Å²) in [5.74, 6) is 0.554. The Morgan fingerprint density at radius 3 is 2.64 bits per heavy atom. The van der Waals surface area contributed by atoms with Crippen molar-refractivity contribution in [1.29, 1.82) is 0 Å². The molecule has 1 aliphatic heterocycles. The van der Waals surface area contributed by atoms with Gasteiger partial charge in [-0.15, -0.1) is 0 Å². The second-order valence-corrected chi connectivity index (χ2v) is 10.3. The van der Waals surface area contributed by atoms with Gasteiger partial charge in [0.15, 0.2) is 17.2 Å². The normalized spacial score (nSPS) is 13.9. The molecular weight excluding hydrogens is 711 g/mol. The molecule has 0 radical (unpaired) electrons. The molecule has 3 aromatic carbocycles. The number of nitrogens with zero attached hydrogens (tertiary/aromatic N) is 2. The number of esters is 1. The minimum Gasteiger partial charge on any atom is -0.490 e. The van der Waals surface area contributed by atoms with Crippen LogP contribution >= 0.6 is 54.5 Å². The molecule has 0 fully saturated rings. The Morgan fingerprint density at radius 2 is 1.92 bits per heavy atom. The molecule has 0 spiro atoms. The van der Waals surface area contributed by atoms with Gasteiger partial charge in [0, 0.05) is 25.7 Å². The van der Waals surface area contributed by atoms with E-state index in [1.54, 1.807) is 30.3 Å². The molecule has 184 valence electrons. The Bertz CT molecular complexity index is 1420. The van der Waals surface area contributed by atoms with Crippen molar-refractivity contribution >= 4 is 78.1 Å². The number of non-ortho nitro benzene ring substituents is 1. The molecule has 36 heavy (non-hydrogen) atoms. The molecule has 3 aromatic rings. The molecular formula is C25H17Br2IN2O6. The van der Waals surface area contributed by atoms with Crippen LogP contribution < -0.4 is 9.47 Å². The van der Waals surface area contributed by atoms with Crippen molar-refractivity contribution in [3.05, 3.63) is 99.6 Å². The molecule has 0 atom stereocenters. The zero-order chi connectivity index (χ0) is 25.8. The van der Waals surface area contributed by atoms with Gasteiger partial charge >= 0.3 is 5.97 Å². The summed E-state index contributed by atoms with van der Waals surface area (Å²) in [6.07, 6.45) is 1.61. The van der Waals surface area contributed by atoms with Crippen LogP contribution in [0.5, 0.6) is 11.5 Å². The SMILES string of the molecule is CCOc1cc(/C=C2\N=C(c3ccc(I)c(Br)c3)OC2=O)cc(Br)c1OCc1cccc([N+](=O)[O-])c1. The van der Waals surface area contributed by atoms with Crippen molar-refractivity contribution in [3.8, 4) is 11.5 Å². The molecule has 4 rings (SSSR count). The maximum absolute atomic E-state index is 12.5. The third-order valence-corrected chi connectivity index (χ3v) is 7.85. The summed E-state index contributed by atoms with van der Waals surface area (Å²) in [6.45, 7) is 2.32. The Labute approximate surface area is 236 Å². The van der Waals surface area contributed by atoms with Crippen LogP contribution in [0.1, 0.15) is 23.6 Å². The number of ether oxygens (including phenoxy) is 3. The number of carbonyl (C=O) groups excluding carboxylic acids is 1. The van der Waals surface area contributed by atoms with E-state index in [0.29, 0.717) is 39.3 Å². The Hall–Kier alpha value is -2.77. The number of nitro benzene ring substituents is 1. The summed E-state index contributed by atoms with van der Waals surface area (Å²) in [4.78, 5) is 27.4. The van der Waals surface area contributed by atoms with Crippen LogP contribution in [0.3, 0.4) is 0 Å². The van der Waals surface area contributed by atoms with E-state index in [0.717, 1.165) is 8.04 Å². The van der Waals surface area contributed by atoms with Gasteiger partial charge in [-0.3, -0.25) is 10.1 Å². The van der Waals surface area contributed by atoms with E-state index in [2.05, 4.69) is 59.4 Å². The summed E-state index contributed by atoms with van der Waals surface area (Å²) in [6, 6.07) is 15.3. The van der Waals surface area contributed by atoms with Crippen LogP contribution in [0.2, 0.25) is 0 Å². The average molecular weight is 728 g/mol. The molecule has 0 N–H and O–H groups in total. The molecule has 0 amide bonds. The minimum atomic E-state index is -0.556. The smallest absolute Gasteiger partial charge is 0.363 e. The highest BCUT2D eigenvalue weighted by molar-refractivity contribution is 14.1. The lowest BCUT2D eigenvalue weighted by molar-refractivity contribution is -0.384. The maximum atomic E-state index is 12.5. The summed E-state index contributed by atoms with van der Waals surface area (Å²) in [5.41, 5.74) is 2.11. The molecule has 8 nitrogen and oxygen atoms in total. The van der Waals surface area contributed by atoms with Gasteiger partial charge < -0.3 is 14.2 Å². The predicted octanol–water partition coefficient (Wildman–Crippen LogP) is 7.05. The lowest BCUT2D eigenvalue weighted by Crippen LogP contribution is -2.05. The summed E-state index contributed by atoms with van der Waals surface area (Å²) < 4.78 is 19.6. The standard InChI is InChI=1S/C25H17Br2IN2O6/c1-2-34-22-11-15(9-19(27)23(22)35-13-14-4-3-5-17(8-14)30(32)33)10-21-25(31)36-24(29-21)16-6-7-20(28)18(26)12-16/h3-12H,2,13H2,1H3/b21-10-. The first-order valence-corrected chi connectivity index (χ1v) is 13.2. The highest BCUT2D eigenvalue weighted by Gasteiger charge is 2.25. The second kappa shape index (κ2) is 11.5. The molecule has 0 aliphatic carbocycles. The summed E-state index contributed by atoms with van der Waals surface area (Å²) in [5, 5.41) is 11.0. The number of hydrogen-bond acceptors (Lipinski definition) is 7. The van der Waals surface area contributed by atoms with Crippen LogP contribution in [0.25, 0.3) is 6.08 Å². The fraction of sp³-hybridized carbons (Fsp3) is 0.120. The molecule has 0 bridgehead atoms. The van der Waals surface area contributed by atoms with Crippen LogP contribution in [0, 0.1) is 13.7 Å².